The zero-order valence-electron chi connectivity index (χ0n) is 13.6. The van der Waals surface area contributed by atoms with Crippen LogP contribution in [0.3, 0.4) is 0 Å². The number of halogens is 2. The zero-order chi connectivity index (χ0) is 16.7. The van der Waals surface area contributed by atoms with Gasteiger partial charge in [-0.15, -0.1) is 0 Å². The van der Waals surface area contributed by atoms with E-state index in [2.05, 4.69) is 36.5 Å². The van der Waals surface area contributed by atoms with Crippen LogP contribution in [-0.2, 0) is 13.0 Å². The largest absolute Gasteiger partial charge is 0.492 e. The summed E-state index contributed by atoms with van der Waals surface area (Å²) in [5.74, 6) is 0.723. The van der Waals surface area contributed by atoms with Crippen LogP contribution in [0.1, 0.15) is 31.4 Å². The van der Waals surface area contributed by atoms with E-state index in [0.717, 1.165) is 24.2 Å². The molecule has 0 amide bonds. The summed E-state index contributed by atoms with van der Waals surface area (Å²) >= 11 is 12.3. The van der Waals surface area contributed by atoms with Gasteiger partial charge in [0.1, 0.15) is 5.75 Å². The summed E-state index contributed by atoms with van der Waals surface area (Å²) in [7, 11) is 0. The van der Waals surface area contributed by atoms with Crippen molar-refractivity contribution in [2.45, 2.75) is 39.3 Å². The van der Waals surface area contributed by atoms with Gasteiger partial charge in [0, 0.05) is 23.2 Å². The van der Waals surface area contributed by atoms with E-state index in [1.165, 1.54) is 5.56 Å². The van der Waals surface area contributed by atoms with Gasteiger partial charge < -0.3 is 10.1 Å². The Morgan fingerprint density at radius 1 is 1.13 bits per heavy atom. The first kappa shape index (κ1) is 18.1. The predicted molar refractivity (Wildman–Crippen MR) is 98.7 cm³/mol. The maximum Gasteiger partial charge on any atom is 0.142 e. The minimum atomic E-state index is 0.391. The van der Waals surface area contributed by atoms with Crippen LogP contribution >= 0.6 is 23.2 Å². The molecule has 2 rings (SSSR count). The first-order valence-corrected chi connectivity index (χ1v) is 8.73. The molecule has 0 aliphatic heterocycles. The molecule has 2 aromatic rings. The highest BCUT2D eigenvalue weighted by atomic mass is 35.5. The van der Waals surface area contributed by atoms with Crippen LogP contribution in [0.4, 0.5) is 0 Å². The van der Waals surface area contributed by atoms with Gasteiger partial charge in [0.25, 0.3) is 0 Å². The molecular formula is C19H23Cl2NO. The van der Waals surface area contributed by atoms with Gasteiger partial charge in [0.15, 0.2) is 0 Å². The topological polar surface area (TPSA) is 21.3 Å². The van der Waals surface area contributed by atoms with Crippen LogP contribution in [0.5, 0.6) is 5.75 Å². The molecule has 0 heterocycles. The minimum absolute atomic E-state index is 0.391. The van der Waals surface area contributed by atoms with E-state index >= 15 is 0 Å². The van der Waals surface area contributed by atoms with E-state index in [0.29, 0.717) is 29.2 Å². The van der Waals surface area contributed by atoms with Crippen LogP contribution in [0.2, 0.25) is 10.0 Å². The van der Waals surface area contributed by atoms with Crippen LogP contribution in [-0.4, -0.2) is 12.6 Å². The zero-order valence-corrected chi connectivity index (χ0v) is 15.1. The van der Waals surface area contributed by atoms with E-state index in [1.807, 2.05) is 19.1 Å². The fourth-order valence-corrected chi connectivity index (χ4v) is 3.06. The third-order valence-electron chi connectivity index (χ3n) is 3.72. The number of aryl methyl sites for hydroxylation is 1. The van der Waals surface area contributed by atoms with Crippen molar-refractivity contribution in [3.8, 4) is 5.75 Å². The first-order valence-electron chi connectivity index (χ1n) is 7.98. The molecule has 1 atom stereocenters. The second kappa shape index (κ2) is 9.17. The van der Waals surface area contributed by atoms with Crippen molar-refractivity contribution in [2.24, 2.45) is 0 Å². The number of hydrogen-bond acceptors (Lipinski definition) is 2. The molecular weight excluding hydrogens is 329 g/mol. The molecule has 2 aromatic carbocycles. The van der Waals surface area contributed by atoms with Crippen molar-refractivity contribution in [2.75, 3.05) is 6.61 Å². The van der Waals surface area contributed by atoms with Gasteiger partial charge >= 0.3 is 0 Å². The summed E-state index contributed by atoms with van der Waals surface area (Å²) in [5, 5.41) is 4.72. The Balaban J connectivity index is 1.92. The number of hydrogen-bond donors (Lipinski definition) is 1. The normalized spacial score (nSPS) is 12.2. The highest BCUT2D eigenvalue weighted by Crippen LogP contribution is 2.32. The lowest BCUT2D eigenvalue weighted by molar-refractivity contribution is 0.334. The minimum Gasteiger partial charge on any atom is -0.492 e. The van der Waals surface area contributed by atoms with Crippen LogP contribution in [0.15, 0.2) is 42.5 Å². The Bertz CT molecular complexity index is 616. The average Bonchev–Trinajstić information content (AvgIpc) is 2.54. The predicted octanol–water partition coefficient (Wildman–Crippen LogP) is 5.50. The molecule has 0 aliphatic carbocycles. The number of ether oxygens (including phenoxy) is 1. The Morgan fingerprint density at radius 3 is 2.57 bits per heavy atom. The molecule has 0 saturated carbocycles. The van der Waals surface area contributed by atoms with Gasteiger partial charge in [-0.25, -0.2) is 0 Å². The van der Waals surface area contributed by atoms with E-state index in [9.17, 15) is 0 Å². The first-order chi connectivity index (χ1) is 11.1. The van der Waals surface area contributed by atoms with Gasteiger partial charge in [-0.1, -0.05) is 53.5 Å². The van der Waals surface area contributed by atoms with Crippen LogP contribution in [0.25, 0.3) is 0 Å². The molecule has 1 N–H and O–H groups in total. The number of rotatable bonds is 8. The van der Waals surface area contributed by atoms with Gasteiger partial charge in [0.05, 0.1) is 11.6 Å². The van der Waals surface area contributed by atoms with Crippen molar-refractivity contribution < 1.29 is 4.74 Å². The maximum atomic E-state index is 6.23. The van der Waals surface area contributed by atoms with E-state index < -0.39 is 0 Å². The van der Waals surface area contributed by atoms with E-state index in [-0.39, 0.29) is 0 Å². The molecule has 1 unspecified atom stereocenters. The van der Waals surface area contributed by atoms with Crippen molar-refractivity contribution in [1.29, 1.82) is 0 Å². The molecule has 124 valence electrons. The Morgan fingerprint density at radius 2 is 1.87 bits per heavy atom. The molecule has 0 aliphatic rings. The lowest BCUT2D eigenvalue weighted by Gasteiger charge is -2.17. The fourth-order valence-electron chi connectivity index (χ4n) is 2.47. The van der Waals surface area contributed by atoms with E-state index in [1.54, 1.807) is 6.07 Å². The summed E-state index contributed by atoms with van der Waals surface area (Å²) in [6.07, 6.45) is 2.13. The van der Waals surface area contributed by atoms with Crippen molar-refractivity contribution in [1.82, 2.24) is 5.32 Å². The summed E-state index contributed by atoms with van der Waals surface area (Å²) < 4.78 is 5.65. The highest BCUT2D eigenvalue weighted by Gasteiger charge is 2.11. The molecule has 0 radical (unpaired) electrons. The molecule has 2 nitrogen and oxygen atoms in total. The fraction of sp³-hybridized carbons (Fsp3) is 0.368. The Kier molecular flexibility index (Phi) is 7.22. The van der Waals surface area contributed by atoms with Crippen molar-refractivity contribution >= 4 is 23.2 Å². The third kappa shape index (κ3) is 5.72. The van der Waals surface area contributed by atoms with E-state index in [4.69, 9.17) is 27.9 Å². The summed E-state index contributed by atoms with van der Waals surface area (Å²) in [4.78, 5) is 0. The summed E-state index contributed by atoms with van der Waals surface area (Å²) in [5.41, 5.74) is 2.36. The molecule has 4 heteroatoms. The van der Waals surface area contributed by atoms with Gasteiger partial charge in [-0.3, -0.25) is 0 Å². The standard InChI is InChI=1S/C19H23Cl2NO/c1-3-23-19-16(11-17(20)12-18(19)21)13-22-14(2)9-10-15-7-5-4-6-8-15/h4-8,11-12,14,22H,3,9-10,13H2,1-2H3. The molecule has 0 fully saturated rings. The Hall–Kier alpha value is -1.22. The summed E-state index contributed by atoms with van der Waals surface area (Å²) in [6.45, 7) is 5.41. The molecule has 0 bridgehead atoms. The van der Waals surface area contributed by atoms with Crippen molar-refractivity contribution in [3.05, 3.63) is 63.6 Å². The SMILES string of the molecule is CCOc1c(Cl)cc(Cl)cc1CNC(C)CCc1ccccc1. The van der Waals surface area contributed by atoms with Crippen LogP contribution in [0, 0.1) is 0 Å². The number of benzene rings is 2. The molecule has 0 aromatic heterocycles. The summed E-state index contributed by atoms with van der Waals surface area (Å²) in [6, 6.07) is 14.6. The highest BCUT2D eigenvalue weighted by molar-refractivity contribution is 6.35. The monoisotopic (exact) mass is 351 g/mol. The molecule has 0 spiro atoms. The quantitative estimate of drug-likeness (QED) is 0.677. The lowest BCUT2D eigenvalue weighted by atomic mass is 10.1. The van der Waals surface area contributed by atoms with Gasteiger partial charge in [-0.05, 0) is 44.4 Å². The smallest absolute Gasteiger partial charge is 0.142 e. The number of nitrogens with one attached hydrogen (secondary N) is 1. The Labute approximate surface area is 148 Å². The van der Waals surface area contributed by atoms with Crippen LogP contribution < -0.4 is 10.1 Å². The van der Waals surface area contributed by atoms with Crippen molar-refractivity contribution in [3.63, 3.8) is 0 Å². The molecule has 23 heavy (non-hydrogen) atoms. The second-order valence-corrected chi connectivity index (χ2v) is 6.46. The third-order valence-corrected chi connectivity index (χ3v) is 4.22. The van der Waals surface area contributed by atoms with Gasteiger partial charge in [0.2, 0.25) is 0 Å². The average molecular weight is 352 g/mol. The maximum absolute atomic E-state index is 6.23. The molecule has 0 saturated heterocycles. The second-order valence-electron chi connectivity index (χ2n) is 5.62. The van der Waals surface area contributed by atoms with Gasteiger partial charge in [-0.2, -0.15) is 0 Å². The lowest BCUT2D eigenvalue weighted by Crippen LogP contribution is -2.26.